The molecule has 0 rings (SSSR count). The Hall–Kier alpha value is 0.520. The van der Waals surface area contributed by atoms with E-state index in [-0.39, 0.29) is 0 Å². The number of hydrogen-bond donors (Lipinski definition) is 0. The van der Waals surface area contributed by atoms with E-state index in [4.69, 9.17) is 0 Å². The van der Waals surface area contributed by atoms with Gasteiger partial charge in [0.15, 0.2) is 0 Å². The molecule has 0 saturated heterocycles. The second-order valence-corrected chi connectivity index (χ2v) is 0. The van der Waals surface area contributed by atoms with Crippen LogP contribution in [0.5, 0.6) is 0 Å². The molecule has 0 aliphatic heterocycles. The molecule has 0 fully saturated rings. The molecule has 0 unspecified atom stereocenters. The Balaban J connectivity index is 0. The minimum Gasteiger partial charge on any atom is -0.0683 e. The van der Waals surface area contributed by atoms with Gasteiger partial charge in [-0.25, -0.2) is 0 Å². The van der Waals surface area contributed by atoms with Gasteiger partial charge < -0.3 is 0 Å². The molecule has 2 heteroatoms. The van der Waals surface area contributed by atoms with Gasteiger partial charge in [-0.3, -0.25) is 0 Å². The lowest BCUT2D eigenvalue weighted by Crippen LogP contribution is -0.856. The number of rotatable bonds is 0. The summed E-state index contributed by atoms with van der Waals surface area (Å²) in [5.41, 5.74) is 0. The van der Waals surface area contributed by atoms with Gasteiger partial charge in [0.05, 0.1) is 0 Å². The minimum absolute atomic E-state index is 2.00. The predicted molar refractivity (Wildman–Crippen MR) is 27.0 cm³/mol. The first-order valence-corrected chi connectivity index (χ1v) is 2.84. The summed E-state index contributed by atoms with van der Waals surface area (Å²) >= 11 is 3.89. The van der Waals surface area contributed by atoms with Crippen molar-refractivity contribution in [2.75, 3.05) is 0 Å². The van der Waals surface area contributed by atoms with Crippen LogP contribution in [-0.4, -0.2) is 0 Å². The maximum Gasteiger partial charge on any atom is -0.0437 e. The molecule has 0 radical (unpaired) electrons. The van der Waals surface area contributed by atoms with E-state index < -0.39 is 0 Å². The summed E-state index contributed by atoms with van der Waals surface area (Å²) < 4.78 is 0. The van der Waals surface area contributed by atoms with Crippen LogP contribution in [0.4, 0.5) is 0 Å². The normalized spacial score (nSPS) is 2.50. The van der Waals surface area contributed by atoms with Crippen molar-refractivity contribution in [1.82, 2.24) is 0 Å². The third-order valence-electron chi connectivity index (χ3n) is 0. The second kappa shape index (κ2) is 82.7. The van der Waals surface area contributed by atoms with Gasteiger partial charge in [-0.15, -0.1) is 0 Å². The molecule has 0 bridgehead atoms. The van der Waals surface area contributed by atoms with E-state index in [1.54, 1.807) is 0 Å². The standard InChI is InChI=1S/C2H6.HPS/c2*1-2/h1-2H3;1H. The molecule has 0 aliphatic rings. The Morgan fingerprint density at radius 3 is 1.25 bits per heavy atom. The average Bonchev–Trinajstić information content (AvgIpc) is 1.50. The van der Waals surface area contributed by atoms with Gasteiger partial charge in [0, 0.05) is 0 Å². The van der Waals surface area contributed by atoms with Crippen LogP contribution in [-0.2, 0) is 11.8 Å². The summed E-state index contributed by atoms with van der Waals surface area (Å²) in [5.74, 6) is 0. The summed E-state index contributed by atoms with van der Waals surface area (Å²) in [6, 6.07) is 0. The Morgan fingerprint density at radius 2 is 1.25 bits per heavy atom. The fourth-order valence-corrected chi connectivity index (χ4v) is 0. The number of hydrogen-bond acceptors (Lipinski definition) is 1. The third-order valence-corrected chi connectivity index (χ3v) is 0. The molecule has 0 nitrogen and oxygen atoms in total. The molecule has 0 heterocycles. The second-order valence-electron chi connectivity index (χ2n) is 0. The summed E-state index contributed by atoms with van der Waals surface area (Å²) in [5, 5.41) is 0. The van der Waals surface area contributed by atoms with Gasteiger partial charge in [-0.1, -0.05) is 25.7 Å². The lowest BCUT2D eigenvalue weighted by Gasteiger charge is -1.07. The molecule has 0 N–H and O–H groups in total. The maximum absolute atomic E-state index is 3.89. The average molecular weight is 94.1 g/mol. The zero-order valence-corrected chi connectivity index (χ0v) is 4.72. The molecule has 0 aromatic heterocycles. The van der Waals surface area contributed by atoms with Crippen LogP contribution in [0.25, 0.3) is 0 Å². The highest BCUT2D eigenvalue weighted by molar-refractivity contribution is 7.88. The fraction of sp³-hybridized carbons (Fsp3) is 1.00. The molecule has 0 saturated carbocycles. The zero-order chi connectivity index (χ0) is 4.00. The van der Waals surface area contributed by atoms with Crippen molar-refractivity contribution in [3.8, 4) is 0 Å². The molecule has 0 aromatic rings. The van der Waals surface area contributed by atoms with Crippen molar-refractivity contribution in [3.05, 3.63) is 0 Å². The van der Waals surface area contributed by atoms with Crippen molar-refractivity contribution in [3.63, 3.8) is 0 Å². The van der Waals surface area contributed by atoms with E-state index in [1.165, 1.54) is 0 Å². The van der Waals surface area contributed by atoms with E-state index in [0.29, 0.717) is 0 Å². The van der Waals surface area contributed by atoms with Crippen molar-refractivity contribution in [1.29, 1.82) is 0 Å². The topological polar surface area (TPSA) is 0 Å². The van der Waals surface area contributed by atoms with Crippen LogP contribution >= 0.6 is 8.02 Å². The van der Waals surface area contributed by atoms with Crippen molar-refractivity contribution in [2.45, 2.75) is 13.8 Å². The van der Waals surface area contributed by atoms with Gasteiger partial charge in [0.2, 0.25) is 0 Å². The summed E-state index contributed by atoms with van der Waals surface area (Å²) in [6.07, 6.45) is 0. The molecule has 0 aromatic carbocycles. The van der Waals surface area contributed by atoms with Crippen LogP contribution < -0.4 is 0 Å². The van der Waals surface area contributed by atoms with Crippen LogP contribution in [0.15, 0.2) is 0 Å². The molecule has 0 spiro atoms. The Kier molecular flexibility index (Phi) is 182. The first-order valence-electron chi connectivity index (χ1n) is 1.20. The maximum atomic E-state index is 3.89. The molecule has 0 aliphatic carbocycles. The SMILES string of the molecule is CC.P=S. The van der Waals surface area contributed by atoms with E-state index in [0.717, 1.165) is 0 Å². The lowest BCUT2D eigenvalue weighted by atomic mass is 11.0. The first kappa shape index (κ1) is 8.82. The smallest absolute Gasteiger partial charge is 0.0437 e. The van der Waals surface area contributed by atoms with Crippen LogP contribution in [0.2, 0.25) is 0 Å². The largest absolute Gasteiger partial charge is 0.0683 e. The van der Waals surface area contributed by atoms with E-state index in [2.05, 4.69) is 19.8 Å². The summed E-state index contributed by atoms with van der Waals surface area (Å²) in [4.78, 5) is 0. The summed E-state index contributed by atoms with van der Waals surface area (Å²) in [6.45, 7) is 4.00. The van der Waals surface area contributed by atoms with Crippen molar-refractivity contribution in [2.24, 2.45) is 0 Å². The third kappa shape index (κ3) is 21.5. The minimum atomic E-state index is 2.00. The molecule has 4 heavy (non-hydrogen) atoms. The Bertz CT molecular complexity index is 6.00. The Labute approximate surface area is 34.5 Å². The van der Waals surface area contributed by atoms with Gasteiger partial charge in [-0.2, -0.15) is 0 Å². The highest BCUT2D eigenvalue weighted by Gasteiger charge is 0.932. The van der Waals surface area contributed by atoms with Gasteiger partial charge in [0.25, 0.3) is 0 Å². The van der Waals surface area contributed by atoms with Gasteiger partial charge in [-0.05, 0) is 8.02 Å². The first-order chi connectivity index (χ1) is 2.00. The molecular formula is C2H7PS. The lowest BCUT2D eigenvalue weighted by molar-refractivity contribution is 1.50. The Morgan fingerprint density at radius 1 is 1.25 bits per heavy atom. The summed E-state index contributed by atoms with van der Waals surface area (Å²) in [7, 11) is 2.56. The molecular weight excluding hydrogens is 87.1 g/mol. The predicted octanol–water partition coefficient (Wildman–Crippen LogP) is 1.62. The van der Waals surface area contributed by atoms with Gasteiger partial charge >= 0.3 is 0 Å². The van der Waals surface area contributed by atoms with Crippen molar-refractivity contribution >= 4 is 19.8 Å². The monoisotopic (exact) mass is 94.0 g/mol. The van der Waals surface area contributed by atoms with Crippen molar-refractivity contribution < 1.29 is 0 Å². The van der Waals surface area contributed by atoms with E-state index in [9.17, 15) is 0 Å². The highest BCUT2D eigenvalue weighted by Crippen LogP contribution is 1.26. The highest BCUT2D eigenvalue weighted by atomic mass is 32.4. The van der Waals surface area contributed by atoms with Crippen LogP contribution in [0.3, 0.4) is 0 Å². The zero-order valence-electron chi connectivity index (χ0n) is 2.91. The fourth-order valence-electron chi connectivity index (χ4n) is 0. The van der Waals surface area contributed by atoms with Crippen LogP contribution in [0.1, 0.15) is 13.8 Å². The van der Waals surface area contributed by atoms with Crippen LogP contribution in [0, 0.1) is 0 Å². The molecule has 0 amide bonds. The molecule has 26 valence electrons. The quantitative estimate of drug-likeness (QED) is 0.411. The van der Waals surface area contributed by atoms with Gasteiger partial charge in [0.1, 0.15) is 0 Å². The van der Waals surface area contributed by atoms with E-state index in [1.807, 2.05) is 13.8 Å². The molecule has 0 atom stereocenters. The van der Waals surface area contributed by atoms with E-state index >= 15 is 0 Å².